The fraction of sp³-hybridized carbons (Fsp3) is 0.667. The lowest BCUT2D eigenvalue weighted by Crippen LogP contribution is -2.49. The molecular weight excluding hydrogens is 232 g/mol. The number of phenols is 1. The fourth-order valence-electron chi connectivity index (χ4n) is 6.07. The Morgan fingerprint density at radius 3 is 2.00 bits per heavy atom. The van der Waals surface area contributed by atoms with E-state index in [1.807, 2.05) is 6.07 Å². The van der Waals surface area contributed by atoms with Crippen molar-refractivity contribution in [2.45, 2.75) is 57.8 Å². The van der Waals surface area contributed by atoms with Crippen LogP contribution in [0.3, 0.4) is 0 Å². The van der Waals surface area contributed by atoms with Gasteiger partial charge in [0.1, 0.15) is 5.75 Å². The third kappa shape index (κ3) is 1.60. The van der Waals surface area contributed by atoms with E-state index in [9.17, 15) is 5.11 Å². The summed E-state index contributed by atoms with van der Waals surface area (Å²) >= 11 is 0. The third-order valence-corrected chi connectivity index (χ3v) is 6.21. The van der Waals surface area contributed by atoms with E-state index in [-0.39, 0.29) is 0 Å². The quantitative estimate of drug-likeness (QED) is 0.785. The Morgan fingerprint density at radius 1 is 0.947 bits per heavy atom. The predicted octanol–water partition coefficient (Wildman–Crippen LogP) is 4.48. The van der Waals surface area contributed by atoms with E-state index >= 15 is 0 Å². The normalized spacial score (nSPS) is 39.8. The van der Waals surface area contributed by atoms with Crippen LogP contribution < -0.4 is 0 Å². The van der Waals surface area contributed by atoms with Gasteiger partial charge in [-0.1, -0.05) is 6.07 Å². The zero-order chi connectivity index (χ0) is 13.2. The average Bonchev–Trinajstić information content (AvgIpc) is 2.32. The molecule has 4 bridgehead atoms. The van der Waals surface area contributed by atoms with Gasteiger partial charge in [-0.2, -0.15) is 0 Å². The molecule has 1 N–H and O–H groups in total. The van der Waals surface area contributed by atoms with E-state index in [4.69, 9.17) is 0 Å². The van der Waals surface area contributed by atoms with Crippen LogP contribution in [-0.4, -0.2) is 5.11 Å². The molecule has 1 nitrogen and oxygen atoms in total. The smallest absolute Gasteiger partial charge is 0.118 e. The summed E-state index contributed by atoms with van der Waals surface area (Å²) in [6.07, 6.45) is 8.58. The van der Waals surface area contributed by atoms with E-state index in [0.717, 1.165) is 23.3 Å². The second kappa shape index (κ2) is 3.77. The molecule has 0 atom stereocenters. The number of benzene rings is 1. The molecule has 0 amide bonds. The van der Waals surface area contributed by atoms with Crippen molar-refractivity contribution in [1.29, 1.82) is 0 Å². The van der Waals surface area contributed by atoms with Crippen LogP contribution in [0.1, 0.15) is 55.2 Å². The summed E-state index contributed by atoms with van der Waals surface area (Å²) in [4.78, 5) is 0. The van der Waals surface area contributed by atoms with E-state index in [1.54, 1.807) is 0 Å². The first-order valence-electron chi connectivity index (χ1n) is 7.87. The van der Waals surface area contributed by atoms with Gasteiger partial charge in [0, 0.05) is 0 Å². The van der Waals surface area contributed by atoms with Gasteiger partial charge in [0.05, 0.1) is 0 Å². The summed E-state index contributed by atoms with van der Waals surface area (Å²) in [6.45, 7) is 4.36. The van der Waals surface area contributed by atoms with Crippen molar-refractivity contribution in [2.75, 3.05) is 0 Å². The second-order valence-electron chi connectivity index (χ2n) is 7.60. The van der Waals surface area contributed by atoms with E-state index in [2.05, 4.69) is 19.9 Å². The van der Waals surface area contributed by atoms with Crippen molar-refractivity contribution in [2.24, 2.45) is 17.8 Å². The summed E-state index contributed by atoms with van der Waals surface area (Å²) in [6, 6.07) is 3.99. The molecule has 1 aromatic carbocycles. The lowest BCUT2D eigenvalue weighted by molar-refractivity contribution is -0.00583. The molecule has 0 saturated heterocycles. The standard InChI is InChI=1S/C18H24O/c1-11-3-4-16(19)12(2)17(11)18-8-13-5-14(9-18)7-15(6-13)10-18/h3-4,13-15,19H,5-10H2,1-2H3. The average molecular weight is 256 g/mol. The SMILES string of the molecule is Cc1ccc(O)c(C)c1C12CC3CC(CC(C3)C1)C2. The highest BCUT2D eigenvalue weighted by molar-refractivity contribution is 5.48. The molecule has 0 aliphatic heterocycles. The monoisotopic (exact) mass is 256 g/mol. The minimum atomic E-state index is 0.404. The number of rotatable bonds is 1. The Morgan fingerprint density at radius 2 is 1.47 bits per heavy atom. The lowest BCUT2D eigenvalue weighted by Gasteiger charge is -2.57. The number of hydrogen-bond donors (Lipinski definition) is 1. The molecule has 0 spiro atoms. The maximum absolute atomic E-state index is 10.1. The zero-order valence-electron chi connectivity index (χ0n) is 12.1. The Hall–Kier alpha value is -0.980. The second-order valence-corrected chi connectivity index (χ2v) is 7.60. The van der Waals surface area contributed by atoms with Gasteiger partial charge in [-0.15, -0.1) is 0 Å². The predicted molar refractivity (Wildman–Crippen MR) is 77.4 cm³/mol. The van der Waals surface area contributed by atoms with Crippen molar-refractivity contribution < 1.29 is 5.11 Å². The molecule has 0 radical (unpaired) electrons. The highest BCUT2D eigenvalue weighted by Gasteiger charge is 2.52. The molecule has 1 aromatic rings. The first-order valence-corrected chi connectivity index (χ1v) is 7.87. The highest BCUT2D eigenvalue weighted by atomic mass is 16.3. The van der Waals surface area contributed by atoms with Crippen LogP contribution in [0, 0.1) is 31.6 Å². The van der Waals surface area contributed by atoms with Gasteiger partial charge in [0.25, 0.3) is 0 Å². The van der Waals surface area contributed by atoms with Crippen LogP contribution in [0.15, 0.2) is 12.1 Å². The molecule has 4 aliphatic rings. The molecule has 4 aliphatic carbocycles. The number of hydrogen-bond acceptors (Lipinski definition) is 1. The van der Waals surface area contributed by atoms with Gasteiger partial charge in [-0.05, 0) is 98.3 Å². The number of phenolic OH excluding ortho intramolecular Hbond substituents is 1. The Kier molecular flexibility index (Phi) is 2.35. The van der Waals surface area contributed by atoms with Crippen LogP contribution in [0.4, 0.5) is 0 Å². The van der Waals surface area contributed by atoms with Gasteiger partial charge >= 0.3 is 0 Å². The van der Waals surface area contributed by atoms with Gasteiger partial charge in [0.2, 0.25) is 0 Å². The topological polar surface area (TPSA) is 20.2 Å². The molecular formula is C18H24O. The van der Waals surface area contributed by atoms with E-state index in [1.165, 1.54) is 49.7 Å². The Bertz CT molecular complexity index is 493. The molecule has 102 valence electrons. The van der Waals surface area contributed by atoms with Crippen molar-refractivity contribution in [3.05, 3.63) is 28.8 Å². The van der Waals surface area contributed by atoms with Crippen LogP contribution in [0.25, 0.3) is 0 Å². The first-order chi connectivity index (χ1) is 9.07. The van der Waals surface area contributed by atoms with Crippen LogP contribution in [0.2, 0.25) is 0 Å². The fourth-order valence-corrected chi connectivity index (χ4v) is 6.07. The third-order valence-electron chi connectivity index (χ3n) is 6.21. The molecule has 0 unspecified atom stereocenters. The van der Waals surface area contributed by atoms with Crippen LogP contribution in [0.5, 0.6) is 5.75 Å². The van der Waals surface area contributed by atoms with E-state index < -0.39 is 0 Å². The molecule has 0 aromatic heterocycles. The Labute approximate surface area is 116 Å². The number of aryl methyl sites for hydroxylation is 1. The minimum absolute atomic E-state index is 0.404. The summed E-state index contributed by atoms with van der Waals surface area (Å²) in [5.74, 6) is 3.39. The van der Waals surface area contributed by atoms with Crippen LogP contribution >= 0.6 is 0 Å². The Balaban J connectivity index is 1.86. The van der Waals surface area contributed by atoms with Gasteiger partial charge in [0.15, 0.2) is 0 Å². The molecule has 4 fully saturated rings. The zero-order valence-corrected chi connectivity index (χ0v) is 12.1. The molecule has 19 heavy (non-hydrogen) atoms. The maximum Gasteiger partial charge on any atom is 0.118 e. The van der Waals surface area contributed by atoms with Gasteiger partial charge in [-0.3, -0.25) is 0 Å². The lowest BCUT2D eigenvalue weighted by atomic mass is 9.47. The van der Waals surface area contributed by atoms with Crippen molar-refractivity contribution in [3.63, 3.8) is 0 Å². The number of aromatic hydroxyl groups is 1. The van der Waals surface area contributed by atoms with Gasteiger partial charge in [-0.25, -0.2) is 0 Å². The van der Waals surface area contributed by atoms with E-state index in [0.29, 0.717) is 11.2 Å². The van der Waals surface area contributed by atoms with Crippen molar-refractivity contribution in [3.8, 4) is 5.75 Å². The van der Waals surface area contributed by atoms with Gasteiger partial charge < -0.3 is 5.11 Å². The van der Waals surface area contributed by atoms with Crippen LogP contribution in [-0.2, 0) is 5.41 Å². The van der Waals surface area contributed by atoms with Crippen molar-refractivity contribution in [1.82, 2.24) is 0 Å². The maximum atomic E-state index is 10.1. The summed E-state index contributed by atoms with van der Waals surface area (Å²) in [7, 11) is 0. The highest BCUT2D eigenvalue weighted by Crippen LogP contribution is 2.61. The molecule has 1 heteroatoms. The summed E-state index contributed by atoms with van der Waals surface area (Å²) in [5, 5.41) is 10.1. The molecule has 4 saturated carbocycles. The molecule has 5 rings (SSSR count). The first kappa shape index (κ1) is 11.8. The largest absolute Gasteiger partial charge is 0.508 e. The molecule has 0 heterocycles. The summed E-state index contributed by atoms with van der Waals surface area (Å²) < 4.78 is 0. The minimum Gasteiger partial charge on any atom is -0.508 e. The summed E-state index contributed by atoms with van der Waals surface area (Å²) in [5.41, 5.74) is 4.47. The van der Waals surface area contributed by atoms with Crippen molar-refractivity contribution >= 4 is 0 Å².